The van der Waals surface area contributed by atoms with E-state index in [1.54, 1.807) is 0 Å². The third-order valence-electron chi connectivity index (χ3n) is 4.36. The number of halogens is 1. The third kappa shape index (κ3) is 2.43. The minimum atomic E-state index is -0.317. The lowest BCUT2D eigenvalue weighted by molar-refractivity contribution is -0.169. The molecule has 3 heterocycles. The number of piperidine rings is 1. The Morgan fingerprint density at radius 1 is 1.10 bits per heavy atom. The van der Waals surface area contributed by atoms with Gasteiger partial charge in [0.1, 0.15) is 0 Å². The Morgan fingerprint density at radius 2 is 1.86 bits per heavy atom. The van der Waals surface area contributed by atoms with Gasteiger partial charge in [0.15, 0.2) is 5.79 Å². The van der Waals surface area contributed by atoms with Gasteiger partial charge in [0, 0.05) is 47.7 Å². The molecule has 110 valence electrons. The van der Waals surface area contributed by atoms with Gasteiger partial charge in [0.2, 0.25) is 0 Å². The molecule has 0 bridgehead atoms. The second-order valence-electron chi connectivity index (χ2n) is 5.59. The smallest absolute Gasteiger partial charge is 0.171 e. The lowest BCUT2D eigenvalue weighted by atomic mass is 10.0. The molecule has 0 atom stereocenters. The Labute approximate surface area is 132 Å². The maximum atomic E-state index is 5.80. The van der Waals surface area contributed by atoms with Crippen LogP contribution in [-0.2, 0) is 9.47 Å². The van der Waals surface area contributed by atoms with Crippen molar-refractivity contribution < 1.29 is 9.47 Å². The summed E-state index contributed by atoms with van der Waals surface area (Å²) in [6.45, 7) is 3.36. The van der Waals surface area contributed by atoms with Crippen molar-refractivity contribution in [2.75, 3.05) is 31.2 Å². The summed E-state index contributed by atoms with van der Waals surface area (Å²) in [6.07, 6.45) is 3.73. The van der Waals surface area contributed by atoms with E-state index in [0.717, 1.165) is 49.1 Å². The maximum Gasteiger partial charge on any atom is 0.171 e. The van der Waals surface area contributed by atoms with E-state index in [4.69, 9.17) is 9.47 Å². The lowest BCUT2D eigenvalue weighted by Crippen LogP contribution is -2.45. The van der Waals surface area contributed by atoms with E-state index in [1.165, 1.54) is 11.1 Å². The van der Waals surface area contributed by atoms with E-state index in [1.807, 2.05) is 6.20 Å². The number of rotatable bonds is 1. The monoisotopic (exact) mass is 348 g/mol. The predicted octanol–water partition coefficient (Wildman–Crippen LogP) is 3.34. The highest BCUT2D eigenvalue weighted by molar-refractivity contribution is 9.10. The summed E-state index contributed by atoms with van der Waals surface area (Å²) in [5.74, 6) is -0.317. The van der Waals surface area contributed by atoms with E-state index in [0.29, 0.717) is 0 Å². The predicted molar refractivity (Wildman–Crippen MR) is 85.5 cm³/mol. The fourth-order valence-electron chi connectivity index (χ4n) is 3.26. The normalized spacial score (nSPS) is 21.3. The van der Waals surface area contributed by atoms with Crippen molar-refractivity contribution >= 4 is 32.5 Å². The number of ether oxygens (including phenoxy) is 2. The fraction of sp³-hybridized carbons (Fsp3) is 0.438. The SMILES string of the molecule is Brc1ccc2c(N3CCC4(CC3)OCCO4)ccnc2c1. The van der Waals surface area contributed by atoms with Gasteiger partial charge in [-0.1, -0.05) is 15.9 Å². The summed E-state index contributed by atoms with van der Waals surface area (Å²) >= 11 is 3.51. The summed E-state index contributed by atoms with van der Waals surface area (Å²) in [5, 5.41) is 1.20. The fourth-order valence-corrected chi connectivity index (χ4v) is 3.60. The number of fused-ring (bicyclic) bond motifs is 1. The number of anilines is 1. The summed E-state index contributed by atoms with van der Waals surface area (Å²) in [4.78, 5) is 6.87. The molecule has 2 saturated heterocycles. The van der Waals surface area contributed by atoms with Gasteiger partial charge in [-0.2, -0.15) is 0 Å². The van der Waals surface area contributed by atoms with Crippen molar-refractivity contribution in [1.82, 2.24) is 4.98 Å². The second kappa shape index (κ2) is 5.23. The zero-order valence-electron chi connectivity index (χ0n) is 11.7. The van der Waals surface area contributed by atoms with E-state index < -0.39 is 0 Å². The Morgan fingerprint density at radius 3 is 2.62 bits per heavy atom. The van der Waals surface area contributed by atoms with Crippen LogP contribution in [0.1, 0.15) is 12.8 Å². The minimum absolute atomic E-state index is 0.317. The van der Waals surface area contributed by atoms with Crippen LogP contribution < -0.4 is 4.90 Å². The Kier molecular flexibility index (Phi) is 3.36. The highest BCUT2D eigenvalue weighted by Gasteiger charge is 2.39. The van der Waals surface area contributed by atoms with Crippen LogP contribution in [0.15, 0.2) is 34.9 Å². The molecule has 4 nitrogen and oxygen atoms in total. The molecule has 0 aliphatic carbocycles. The molecule has 0 unspecified atom stereocenters. The zero-order valence-corrected chi connectivity index (χ0v) is 13.3. The van der Waals surface area contributed by atoms with Crippen LogP contribution in [0, 0.1) is 0 Å². The van der Waals surface area contributed by atoms with Crippen molar-refractivity contribution in [2.24, 2.45) is 0 Å². The standard InChI is InChI=1S/C16H17BrN2O2/c17-12-1-2-13-14(11-12)18-6-3-15(13)19-7-4-16(5-8-19)20-9-10-21-16/h1-3,6,11H,4-5,7-10H2. The van der Waals surface area contributed by atoms with Crippen LogP contribution in [-0.4, -0.2) is 37.1 Å². The zero-order chi connectivity index (χ0) is 14.3. The van der Waals surface area contributed by atoms with Gasteiger partial charge in [-0.05, 0) is 24.3 Å². The van der Waals surface area contributed by atoms with Gasteiger partial charge < -0.3 is 14.4 Å². The lowest BCUT2D eigenvalue weighted by Gasteiger charge is -2.39. The van der Waals surface area contributed by atoms with Gasteiger partial charge in [-0.3, -0.25) is 4.98 Å². The van der Waals surface area contributed by atoms with Gasteiger partial charge in [0.25, 0.3) is 0 Å². The van der Waals surface area contributed by atoms with Crippen LogP contribution >= 0.6 is 15.9 Å². The summed E-state index contributed by atoms with van der Waals surface area (Å²) in [7, 11) is 0. The summed E-state index contributed by atoms with van der Waals surface area (Å²) in [5.41, 5.74) is 2.27. The quantitative estimate of drug-likeness (QED) is 0.791. The second-order valence-corrected chi connectivity index (χ2v) is 6.50. The van der Waals surface area contributed by atoms with Crippen LogP contribution in [0.5, 0.6) is 0 Å². The molecule has 5 heteroatoms. The van der Waals surface area contributed by atoms with E-state index >= 15 is 0 Å². The number of hydrogen-bond acceptors (Lipinski definition) is 4. The number of hydrogen-bond donors (Lipinski definition) is 0. The first-order valence-corrected chi connectivity index (χ1v) is 8.12. The van der Waals surface area contributed by atoms with Gasteiger partial charge in [0.05, 0.1) is 18.7 Å². The molecule has 0 radical (unpaired) electrons. The van der Waals surface area contributed by atoms with Crippen molar-refractivity contribution in [3.05, 3.63) is 34.9 Å². The third-order valence-corrected chi connectivity index (χ3v) is 4.85. The van der Waals surface area contributed by atoms with Crippen LogP contribution in [0.4, 0.5) is 5.69 Å². The first kappa shape index (κ1) is 13.5. The van der Waals surface area contributed by atoms with Crippen molar-refractivity contribution in [1.29, 1.82) is 0 Å². The number of pyridine rings is 1. The molecular weight excluding hydrogens is 332 g/mol. The Hall–Kier alpha value is -1.17. The molecule has 2 aliphatic rings. The minimum Gasteiger partial charge on any atom is -0.371 e. The molecule has 1 aromatic carbocycles. The first-order chi connectivity index (χ1) is 10.3. The molecular formula is C16H17BrN2O2. The molecule has 4 rings (SSSR count). The summed E-state index contributed by atoms with van der Waals surface area (Å²) in [6, 6.07) is 8.37. The topological polar surface area (TPSA) is 34.6 Å². The number of benzene rings is 1. The van der Waals surface area contributed by atoms with Crippen LogP contribution in [0.3, 0.4) is 0 Å². The first-order valence-electron chi connectivity index (χ1n) is 7.33. The number of nitrogens with zero attached hydrogens (tertiary/aromatic N) is 2. The molecule has 1 aromatic heterocycles. The molecule has 2 fully saturated rings. The van der Waals surface area contributed by atoms with Crippen molar-refractivity contribution in [2.45, 2.75) is 18.6 Å². The molecule has 1 spiro atoms. The van der Waals surface area contributed by atoms with E-state index in [2.05, 4.69) is 50.1 Å². The molecule has 0 amide bonds. The van der Waals surface area contributed by atoms with E-state index in [-0.39, 0.29) is 5.79 Å². The largest absolute Gasteiger partial charge is 0.371 e. The van der Waals surface area contributed by atoms with Crippen LogP contribution in [0.2, 0.25) is 0 Å². The molecule has 2 aromatic rings. The van der Waals surface area contributed by atoms with Gasteiger partial charge >= 0.3 is 0 Å². The van der Waals surface area contributed by atoms with Crippen molar-refractivity contribution in [3.63, 3.8) is 0 Å². The van der Waals surface area contributed by atoms with Crippen LogP contribution in [0.25, 0.3) is 10.9 Å². The number of aromatic nitrogens is 1. The molecule has 2 aliphatic heterocycles. The highest BCUT2D eigenvalue weighted by atomic mass is 79.9. The van der Waals surface area contributed by atoms with Gasteiger partial charge in [-0.15, -0.1) is 0 Å². The van der Waals surface area contributed by atoms with Crippen molar-refractivity contribution in [3.8, 4) is 0 Å². The maximum absolute atomic E-state index is 5.80. The Bertz CT molecular complexity index is 660. The Balaban J connectivity index is 1.62. The average molecular weight is 349 g/mol. The average Bonchev–Trinajstić information content (AvgIpc) is 2.95. The molecule has 0 saturated carbocycles. The molecule has 21 heavy (non-hydrogen) atoms. The van der Waals surface area contributed by atoms with E-state index in [9.17, 15) is 0 Å². The van der Waals surface area contributed by atoms with Gasteiger partial charge in [-0.25, -0.2) is 0 Å². The summed E-state index contributed by atoms with van der Waals surface area (Å²) < 4.78 is 12.7. The highest BCUT2D eigenvalue weighted by Crippen LogP contribution is 2.35. The molecule has 0 N–H and O–H groups in total.